The molecule has 162 valence electrons. The van der Waals surface area contributed by atoms with E-state index in [0.29, 0.717) is 24.5 Å². The Hall–Kier alpha value is -2.65. The van der Waals surface area contributed by atoms with Gasteiger partial charge in [0.2, 0.25) is 10.0 Å². The number of hydrogen-bond donors (Lipinski definition) is 1. The molecule has 7 nitrogen and oxygen atoms in total. The molecule has 0 unspecified atom stereocenters. The van der Waals surface area contributed by atoms with Crippen molar-refractivity contribution >= 4 is 15.9 Å². The molecular formula is C21H25FN2O5S. The van der Waals surface area contributed by atoms with Gasteiger partial charge in [-0.3, -0.25) is 4.79 Å². The molecule has 1 amide bonds. The van der Waals surface area contributed by atoms with Gasteiger partial charge in [0.1, 0.15) is 5.82 Å². The lowest BCUT2D eigenvalue weighted by Crippen LogP contribution is -2.38. The van der Waals surface area contributed by atoms with E-state index in [4.69, 9.17) is 9.47 Å². The largest absolute Gasteiger partial charge is 0.493 e. The molecule has 1 N–H and O–H groups in total. The molecule has 2 aromatic carbocycles. The highest BCUT2D eigenvalue weighted by molar-refractivity contribution is 7.89. The number of halogens is 1. The normalized spacial score (nSPS) is 14.1. The van der Waals surface area contributed by atoms with Crippen LogP contribution in [0, 0.1) is 5.82 Å². The second kappa shape index (κ2) is 9.44. The van der Waals surface area contributed by atoms with Crippen LogP contribution in [0.2, 0.25) is 0 Å². The minimum Gasteiger partial charge on any atom is -0.493 e. The van der Waals surface area contributed by atoms with Gasteiger partial charge in [-0.1, -0.05) is 6.07 Å². The molecule has 0 bridgehead atoms. The molecule has 1 heterocycles. The van der Waals surface area contributed by atoms with E-state index < -0.39 is 21.7 Å². The fourth-order valence-corrected chi connectivity index (χ4v) is 4.88. The summed E-state index contributed by atoms with van der Waals surface area (Å²) >= 11 is 0. The third-order valence-corrected chi connectivity index (χ3v) is 6.93. The van der Waals surface area contributed by atoms with Gasteiger partial charge < -0.3 is 14.8 Å². The van der Waals surface area contributed by atoms with Crippen LogP contribution in [0.15, 0.2) is 36.4 Å². The van der Waals surface area contributed by atoms with Gasteiger partial charge in [0.05, 0.1) is 20.0 Å². The molecule has 0 saturated heterocycles. The average Bonchev–Trinajstić information content (AvgIpc) is 2.75. The average molecular weight is 437 g/mol. The van der Waals surface area contributed by atoms with Crippen LogP contribution >= 0.6 is 0 Å². The van der Waals surface area contributed by atoms with E-state index in [-0.39, 0.29) is 30.8 Å². The zero-order chi connectivity index (χ0) is 21.7. The Morgan fingerprint density at radius 2 is 1.83 bits per heavy atom. The maximum Gasteiger partial charge on any atom is 0.251 e. The van der Waals surface area contributed by atoms with Crippen LogP contribution in [0.4, 0.5) is 4.39 Å². The predicted molar refractivity (Wildman–Crippen MR) is 111 cm³/mol. The molecule has 3 rings (SSSR count). The molecule has 9 heteroatoms. The third-order valence-electron chi connectivity index (χ3n) is 5.03. The maximum atomic E-state index is 13.2. The molecule has 0 fully saturated rings. The van der Waals surface area contributed by atoms with Crippen molar-refractivity contribution in [2.75, 3.05) is 33.1 Å². The first kappa shape index (κ1) is 22.0. The topological polar surface area (TPSA) is 84.9 Å². The Morgan fingerprint density at radius 3 is 2.50 bits per heavy atom. The van der Waals surface area contributed by atoms with E-state index in [9.17, 15) is 17.6 Å². The van der Waals surface area contributed by atoms with E-state index in [2.05, 4.69) is 5.32 Å². The Bertz CT molecular complexity index is 1030. The molecule has 30 heavy (non-hydrogen) atoms. The predicted octanol–water partition coefficient (Wildman–Crippen LogP) is 2.35. The minimum atomic E-state index is -3.48. The molecule has 0 radical (unpaired) electrons. The number of nitrogens with zero attached hydrogens (tertiary/aromatic N) is 1. The van der Waals surface area contributed by atoms with Crippen molar-refractivity contribution in [3.05, 3.63) is 58.9 Å². The smallest absolute Gasteiger partial charge is 0.251 e. The Balaban J connectivity index is 1.56. The van der Waals surface area contributed by atoms with Crippen LogP contribution in [0.3, 0.4) is 0 Å². The number of carbonyl (C=O) groups is 1. The number of methoxy groups -OCH3 is 2. The van der Waals surface area contributed by atoms with Crippen LogP contribution in [0.1, 0.15) is 27.9 Å². The van der Waals surface area contributed by atoms with Gasteiger partial charge in [-0.05, 0) is 54.3 Å². The summed E-state index contributed by atoms with van der Waals surface area (Å²) in [4.78, 5) is 12.0. The Morgan fingerprint density at radius 1 is 1.13 bits per heavy atom. The van der Waals surface area contributed by atoms with Gasteiger partial charge in [0.25, 0.3) is 5.91 Å². The maximum absolute atomic E-state index is 13.2. The first-order valence-electron chi connectivity index (χ1n) is 9.59. The highest BCUT2D eigenvalue weighted by Gasteiger charge is 2.27. The molecule has 0 atom stereocenters. The van der Waals surface area contributed by atoms with Crippen molar-refractivity contribution in [1.82, 2.24) is 9.62 Å². The lowest BCUT2D eigenvalue weighted by molar-refractivity contribution is 0.0953. The van der Waals surface area contributed by atoms with E-state index in [1.807, 2.05) is 12.1 Å². The second-order valence-corrected chi connectivity index (χ2v) is 9.08. The van der Waals surface area contributed by atoms with Crippen LogP contribution < -0.4 is 14.8 Å². The number of ether oxygens (including phenoxy) is 2. The zero-order valence-corrected chi connectivity index (χ0v) is 17.8. The quantitative estimate of drug-likeness (QED) is 0.642. The molecule has 2 aromatic rings. The highest BCUT2D eigenvalue weighted by Crippen LogP contribution is 2.33. The van der Waals surface area contributed by atoms with Crippen molar-refractivity contribution in [2.24, 2.45) is 0 Å². The van der Waals surface area contributed by atoms with Gasteiger partial charge in [-0.15, -0.1) is 0 Å². The van der Waals surface area contributed by atoms with Crippen molar-refractivity contribution in [3.63, 3.8) is 0 Å². The Labute approximate surface area is 175 Å². The van der Waals surface area contributed by atoms with E-state index in [1.54, 1.807) is 14.2 Å². The molecule has 1 aliphatic heterocycles. The number of rotatable bonds is 8. The zero-order valence-electron chi connectivity index (χ0n) is 17.0. The molecule has 1 aliphatic rings. The minimum absolute atomic E-state index is 0.0843. The fourth-order valence-electron chi connectivity index (χ4n) is 3.41. The summed E-state index contributed by atoms with van der Waals surface area (Å²) in [5.41, 5.74) is 2.14. The van der Waals surface area contributed by atoms with E-state index in [1.165, 1.54) is 22.5 Å². The van der Waals surface area contributed by atoms with E-state index in [0.717, 1.165) is 17.2 Å². The Kier molecular flexibility index (Phi) is 6.94. The fraction of sp³-hybridized carbons (Fsp3) is 0.381. The monoisotopic (exact) mass is 436 g/mol. The number of benzene rings is 2. The number of fused-ring (bicyclic) bond motifs is 1. The number of carbonyl (C=O) groups excluding carboxylic acids is 1. The number of amides is 1. The van der Waals surface area contributed by atoms with Crippen LogP contribution in [-0.2, 0) is 23.0 Å². The number of sulfonamides is 1. The molecular weight excluding hydrogens is 411 g/mol. The van der Waals surface area contributed by atoms with E-state index >= 15 is 0 Å². The molecule has 0 saturated carbocycles. The highest BCUT2D eigenvalue weighted by atomic mass is 32.2. The van der Waals surface area contributed by atoms with Crippen LogP contribution in [0.25, 0.3) is 0 Å². The molecule has 0 aromatic heterocycles. The lowest BCUT2D eigenvalue weighted by atomic mass is 10.0. The summed E-state index contributed by atoms with van der Waals surface area (Å²) in [7, 11) is -0.373. The summed E-state index contributed by atoms with van der Waals surface area (Å²) in [6.45, 7) is 0.845. The van der Waals surface area contributed by atoms with Gasteiger partial charge in [-0.2, -0.15) is 4.31 Å². The summed E-state index contributed by atoms with van der Waals surface area (Å²) in [6, 6.07) is 9.05. The lowest BCUT2D eigenvalue weighted by Gasteiger charge is -2.29. The van der Waals surface area contributed by atoms with Crippen molar-refractivity contribution in [3.8, 4) is 11.5 Å². The van der Waals surface area contributed by atoms with Crippen LogP contribution in [-0.4, -0.2) is 51.7 Å². The van der Waals surface area contributed by atoms with Crippen molar-refractivity contribution < 1.29 is 27.1 Å². The summed E-state index contributed by atoms with van der Waals surface area (Å²) in [6.07, 6.45) is 0.851. The van der Waals surface area contributed by atoms with Gasteiger partial charge >= 0.3 is 0 Å². The summed E-state index contributed by atoms with van der Waals surface area (Å²) in [5.74, 6) is 0.181. The SMILES string of the molecule is COc1cc2c(cc1OC)CN(S(=O)(=O)CCCNC(=O)c1cccc(F)c1)CC2. The number of hydrogen-bond acceptors (Lipinski definition) is 5. The van der Waals surface area contributed by atoms with Gasteiger partial charge in [0, 0.05) is 25.2 Å². The van der Waals surface area contributed by atoms with Crippen molar-refractivity contribution in [1.29, 1.82) is 0 Å². The van der Waals surface area contributed by atoms with Crippen molar-refractivity contribution in [2.45, 2.75) is 19.4 Å². The van der Waals surface area contributed by atoms with Crippen LogP contribution in [0.5, 0.6) is 11.5 Å². The summed E-state index contributed by atoms with van der Waals surface area (Å²) < 4.78 is 50.7. The standard InChI is InChI=1S/C21H25FN2O5S/c1-28-19-12-15-7-9-24(14-17(15)13-20(19)29-2)30(26,27)10-4-8-23-21(25)16-5-3-6-18(22)11-16/h3,5-6,11-13H,4,7-10,14H2,1-2H3,(H,23,25). The summed E-state index contributed by atoms with van der Waals surface area (Å²) in [5, 5.41) is 2.63. The first-order chi connectivity index (χ1) is 14.3. The van der Waals surface area contributed by atoms with Gasteiger partial charge in [0.15, 0.2) is 11.5 Å². The molecule has 0 spiro atoms. The van der Waals surface area contributed by atoms with Gasteiger partial charge in [-0.25, -0.2) is 12.8 Å². The molecule has 0 aliphatic carbocycles. The number of nitrogens with one attached hydrogen (secondary N) is 1. The third kappa shape index (κ3) is 5.09. The first-order valence-corrected chi connectivity index (χ1v) is 11.2. The second-order valence-electron chi connectivity index (χ2n) is 7.00.